The van der Waals surface area contributed by atoms with Crippen LogP contribution in [0.15, 0.2) is 30.3 Å². The van der Waals surface area contributed by atoms with E-state index in [1.54, 1.807) is 18.2 Å². The quantitative estimate of drug-likeness (QED) is 0.782. The van der Waals surface area contributed by atoms with E-state index < -0.39 is 11.8 Å². The molecular weight excluding hydrogens is 267 g/mol. The Morgan fingerprint density at radius 3 is 2.68 bits per heavy atom. The molecule has 1 aromatic heterocycles. The van der Waals surface area contributed by atoms with Crippen LogP contribution in [0.4, 0.5) is 4.39 Å². The number of hydrogen-bond donors (Lipinski definition) is 2. The zero-order chi connectivity index (χ0) is 13.6. The predicted octanol–water partition coefficient (Wildman–Crippen LogP) is 2.19. The largest absolute Gasteiger partial charge is 0.294 e. The van der Waals surface area contributed by atoms with Gasteiger partial charge >= 0.3 is 0 Å². The number of amides is 2. The maximum atomic E-state index is 13.2. The lowest BCUT2D eigenvalue weighted by Gasteiger charge is -2.10. The Morgan fingerprint density at radius 2 is 1.95 bits per heavy atom. The first kappa shape index (κ1) is 11.7. The summed E-state index contributed by atoms with van der Waals surface area (Å²) in [5.74, 6) is -1.60. The number of carbonyl (C=O) groups is 2. The van der Waals surface area contributed by atoms with Gasteiger partial charge in [0.05, 0.1) is 10.4 Å². The van der Waals surface area contributed by atoms with Crippen molar-refractivity contribution in [2.24, 2.45) is 0 Å². The van der Waals surface area contributed by atoms with Gasteiger partial charge in [-0.25, -0.2) is 4.39 Å². The normalized spacial score (nSPS) is 14.3. The first-order chi connectivity index (χ1) is 9.06. The number of nitrogens with one attached hydrogen (secondary N) is 2. The first-order valence-electron chi connectivity index (χ1n) is 5.40. The monoisotopic (exact) mass is 274 g/mol. The number of imide groups is 1. The van der Waals surface area contributed by atoms with Crippen LogP contribution in [0.2, 0.25) is 0 Å². The van der Waals surface area contributed by atoms with Crippen LogP contribution < -0.4 is 5.32 Å². The van der Waals surface area contributed by atoms with Crippen molar-refractivity contribution in [1.82, 2.24) is 5.32 Å². The molecule has 2 N–H and O–H groups in total. The summed E-state index contributed by atoms with van der Waals surface area (Å²) < 4.78 is 13.2. The molecule has 0 radical (unpaired) electrons. The lowest BCUT2D eigenvalue weighted by Crippen LogP contribution is -2.41. The number of hydrogen-bond acceptors (Lipinski definition) is 4. The lowest BCUT2D eigenvalue weighted by atomic mass is 10.1. The Bertz CT molecular complexity index is 736. The minimum Gasteiger partial charge on any atom is -0.294 e. The van der Waals surface area contributed by atoms with Crippen molar-refractivity contribution in [3.05, 3.63) is 46.6 Å². The first-order valence-corrected chi connectivity index (χ1v) is 6.22. The van der Waals surface area contributed by atoms with Gasteiger partial charge in [-0.05, 0) is 23.8 Å². The molecule has 2 amide bonds. The number of rotatable bonds is 1. The van der Waals surface area contributed by atoms with E-state index in [9.17, 15) is 14.0 Å². The highest BCUT2D eigenvalue weighted by Gasteiger charge is 2.30. The topological polar surface area (TPSA) is 70.0 Å². The summed E-state index contributed by atoms with van der Waals surface area (Å²) in [5, 5.41) is 9.75. The van der Waals surface area contributed by atoms with Crippen molar-refractivity contribution in [3.8, 4) is 10.4 Å². The van der Waals surface area contributed by atoms with E-state index in [1.165, 1.54) is 12.1 Å². The van der Waals surface area contributed by atoms with Gasteiger partial charge in [-0.1, -0.05) is 12.1 Å². The molecule has 0 aliphatic carbocycles. The summed E-state index contributed by atoms with van der Waals surface area (Å²) >= 11 is 1.14. The molecule has 1 aliphatic rings. The third-order valence-electron chi connectivity index (χ3n) is 2.77. The van der Waals surface area contributed by atoms with E-state index in [-0.39, 0.29) is 17.1 Å². The Morgan fingerprint density at radius 1 is 1.16 bits per heavy atom. The Labute approximate surface area is 111 Å². The second-order valence-corrected chi connectivity index (χ2v) is 5.07. The Kier molecular flexibility index (Phi) is 2.53. The van der Waals surface area contributed by atoms with Gasteiger partial charge in [-0.15, -0.1) is 11.3 Å². The fraction of sp³-hybridized carbons (Fsp3) is 0. The van der Waals surface area contributed by atoms with Crippen molar-refractivity contribution < 1.29 is 14.0 Å². The maximum absolute atomic E-state index is 13.2. The van der Waals surface area contributed by atoms with Crippen LogP contribution in [0.25, 0.3) is 10.4 Å². The van der Waals surface area contributed by atoms with E-state index in [0.717, 1.165) is 11.3 Å². The molecule has 0 saturated carbocycles. The smallest absolute Gasteiger partial charge is 0.277 e. The van der Waals surface area contributed by atoms with Crippen LogP contribution in [-0.2, 0) is 4.79 Å². The molecule has 0 fully saturated rings. The van der Waals surface area contributed by atoms with Crippen molar-refractivity contribution in [1.29, 1.82) is 5.41 Å². The van der Waals surface area contributed by atoms with Crippen LogP contribution in [-0.4, -0.2) is 17.5 Å². The van der Waals surface area contributed by atoms with Gasteiger partial charge in [0.2, 0.25) is 0 Å². The molecule has 0 atom stereocenters. The third kappa shape index (κ3) is 1.86. The lowest BCUT2D eigenvalue weighted by molar-refractivity contribution is -0.114. The van der Waals surface area contributed by atoms with Gasteiger partial charge in [0.25, 0.3) is 11.8 Å². The summed E-state index contributed by atoms with van der Waals surface area (Å²) in [6, 6.07) is 7.53. The van der Waals surface area contributed by atoms with Crippen molar-refractivity contribution in [2.45, 2.75) is 0 Å². The Hall–Kier alpha value is -2.34. The molecule has 0 unspecified atom stereocenters. The van der Waals surface area contributed by atoms with Crippen molar-refractivity contribution >= 4 is 28.9 Å². The van der Waals surface area contributed by atoms with E-state index in [2.05, 4.69) is 5.32 Å². The van der Waals surface area contributed by atoms with E-state index in [4.69, 9.17) is 5.41 Å². The summed E-state index contributed by atoms with van der Waals surface area (Å²) in [6.45, 7) is 0. The number of thiophene rings is 1. The molecule has 3 rings (SSSR count). The highest BCUT2D eigenvalue weighted by atomic mass is 32.1. The third-order valence-corrected chi connectivity index (χ3v) is 3.97. The highest BCUT2D eigenvalue weighted by molar-refractivity contribution is 7.18. The zero-order valence-corrected chi connectivity index (χ0v) is 10.3. The minimum absolute atomic E-state index is 0.234. The number of halogens is 1. The number of carbonyl (C=O) groups excluding carboxylic acids is 2. The molecule has 2 aromatic rings. The second kappa shape index (κ2) is 4.10. The van der Waals surface area contributed by atoms with Gasteiger partial charge in [-0.2, -0.15) is 0 Å². The number of benzene rings is 1. The van der Waals surface area contributed by atoms with Crippen molar-refractivity contribution in [2.75, 3.05) is 0 Å². The van der Waals surface area contributed by atoms with Gasteiger partial charge in [0.15, 0.2) is 0 Å². The standard InChI is InChI=1S/C13H7FN2O2S/c14-7-3-1-2-6(4-7)9-5-8-11(19-9)10(15)13(18)16-12(8)17/h1-5,15H,(H,16,17,18). The second-order valence-electron chi connectivity index (χ2n) is 4.02. The summed E-state index contributed by atoms with van der Waals surface area (Å²) in [6.07, 6.45) is 0. The average Bonchev–Trinajstić information content (AvgIpc) is 2.82. The molecule has 0 bridgehead atoms. The molecule has 2 heterocycles. The molecule has 4 nitrogen and oxygen atoms in total. The van der Waals surface area contributed by atoms with Gasteiger partial charge < -0.3 is 0 Å². The van der Waals surface area contributed by atoms with Crippen LogP contribution >= 0.6 is 11.3 Å². The molecule has 0 saturated heterocycles. The Balaban J connectivity index is 2.15. The van der Waals surface area contributed by atoms with E-state index >= 15 is 0 Å². The molecule has 19 heavy (non-hydrogen) atoms. The molecule has 1 aromatic carbocycles. The average molecular weight is 274 g/mol. The zero-order valence-electron chi connectivity index (χ0n) is 9.49. The van der Waals surface area contributed by atoms with E-state index in [0.29, 0.717) is 15.3 Å². The minimum atomic E-state index is -0.704. The fourth-order valence-corrected chi connectivity index (χ4v) is 2.96. The summed E-state index contributed by atoms with van der Waals surface area (Å²) in [5.41, 5.74) is 0.670. The molecule has 94 valence electrons. The van der Waals surface area contributed by atoms with E-state index in [1.807, 2.05) is 0 Å². The fourth-order valence-electron chi connectivity index (χ4n) is 1.87. The van der Waals surface area contributed by atoms with Crippen LogP contribution in [0.3, 0.4) is 0 Å². The van der Waals surface area contributed by atoms with Gasteiger partial charge in [-0.3, -0.25) is 20.3 Å². The molecular formula is C13H7FN2O2S. The molecule has 0 spiro atoms. The van der Waals surface area contributed by atoms with Gasteiger partial charge in [0.1, 0.15) is 11.5 Å². The predicted molar refractivity (Wildman–Crippen MR) is 69.0 cm³/mol. The summed E-state index contributed by atoms with van der Waals surface area (Å²) in [7, 11) is 0. The van der Waals surface area contributed by atoms with Crippen molar-refractivity contribution in [3.63, 3.8) is 0 Å². The molecule has 6 heteroatoms. The van der Waals surface area contributed by atoms with Crippen LogP contribution in [0, 0.1) is 11.2 Å². The number of fused-ring (bicyclic) bond motifs is 1. The molecule has 1 aliphatic heterocycles. The van der Waals surface area contributed by atoms with Crippen LogP contribution in [0.1, 0.15) is 15.2 Å². The SMILES string of the molecule is N=C1C(=O)NC(=O)c2cc(-c3cccc(F)c3)sc21. The summed E-state index contributed by atoms with van der Waals surface area (Å²) in [4.78, 5) is 24.0. The van der Waals surface area contributed by atoms with Gasteiger partial charge in [0, 0.05) is 4.88 Å². The maximum Gasteiger partial charge on any atom is 0.277 e. The highest BCUT2D eigenvalue weighted by Crippen LogP contribution is 2.33. The van der Waals surface area contributed by atoms with Crippen LogP contribution in [0.5, 0.6) is 0 Å².